The van der Waals surface area contributed by atoms with Crippen molar-refractivity contribution >= 4 is 31.8 Å². The third kappa shape index (κ3) is 7.60. The van der Waals surface area contributed by atoms with Gasteiger partial charge in [-0.15, -0.1) is 10.2 Å². The van der Waals surface area contributed by atoms with Crippen LogP contribution in [0.15, 0.2) is 20.4 Å². The standard InChI is InChI=1S/C12H18N6O2Si/c1-9(2)15-17-11(5)19-21(7-13,8-14)20-12(6)18-16-10(3)4/h1-6H3/b17-11+,18-12+. The minimum atomic E-state index is -3.80. The molecule has 0 amide bonds. The van der Waals surface area contributed by atoms with Gasteiger partial charge in [-0.25, -0.2) is 0 Å². The second-order valence-electron chi connectivity index (χ2n) is 4.38. The Balaban J connectivity index is 5.22. The van der Waals surface area contributed by atoms with Crippen LogP contribution in [0.25, 0.3) is 0 Å². The summed E-state index contributed by atoms with van der Waals surface area (Å²) in [5.74, 6) is 0.155. The molecule has 0 fully saturated rings. The van der Waals surface area contributed by atoms with Crippen molar-refractivity contribution in [2.75, 3.05) is 0 Å². The van der Waals surface area contributed by atoms with Crippen molar-refractivity contribution in [1.82, 2.24) is 0 Å². The summed E-state index contributed by atoms with van der Waals surface area (Å²) < 4.78 is 10.5. The van der Waals surface area contributed by atoms with Crippen molar-refractivity contribution in [2.24, 2.45) is 20.4 Å². The van der Waals surface area contributed by atoms with E-state index in [9.17, 15) is 10.5 Å². The quantitative estimate of drug-likeness (QED) is 0.342. The van der Waals surface area contributed by atoms with E-state index in [2.05, 4.69) is 20.4 Å². The van der Waals surface area contributed by atoms with Gasteiger partial charge in [-0.3, -0.25) is 0 Å². The Kier molecular flexibility index (Phi) is 7.57. The van der Waals surface area contributed by atoms with Crippen LogP contribution in [-0.4, -0.2) is 31.8 Å². The van der Waals surface area contributed by atoms with Crippen LogP contribution in [0.5, 0.6) is 0 Å². The zero-order valence-corrected chi connectivity index (χ0v) is 14.0. The molecule has 0 rings (SSSR count). The van der Waals surface area contributed by atoms with Crippen molar-refractivity contribution in [3.8, 4) is 11.4 Å². The first-order chi connectivity index (χ1) is 9.74. The molecule has 0 N–H and O–H groups in total. The molecule has 21 heavy (non-hydrogen) atoms. The normalized spacial score (nSPS) is 11.8. The van der Waals surface area contributed by atoms with Gasteiger partial charge in [0.1, 0.15) is 11.4 Å². The van der Waals surface area contributed by atoms with Crippen LogP contribution in [0, 0.1) is 21.9 Å². The molecule has 0 spiro atoms. The number of nitrogens with zero attached hydrogens (tertiary/aromatic N) is 6. The number of hydrogen-bond acceptors (Lipinski definition) is 8. The lowest BCUT2D eigenvalue weighted by atomic mass is 10.5. The van der Waals surface area contributed by atoms with E-state index in [4.69, 9.17) is 8.85 Å². The molecule has 0 atom stereocenters. The van der Waals surface area contributed by atoms with Crippen LogP contribution in [0.2, 0.25) is 0 Å². The maximum atomic E-state index is 9.19. The van der Waals surface area contributed by atoms with Gasteiger partial charge in [-0.1, -0.05) is 0 Å². The minimum Gasteiger partial charge on any atom is -0.480 e. The fourth-order valence-corrected chi connectivity index (χ4v) is 2.12. The van der Waals surface area contributed by atoms with Gasteiger partial charge in [0, 0.05) is 25.3 Å². The lowest BCUT2D eigenvalue weighted by Crippen LogP contribution is -2.43. The molecule has 8 nitrogen and oxygen atoms in total. The zero-order valence-electron chi connectivity index (χ0n) is 13.0. The van der Waals surface area contributed by atoms with E-state index in [1.54, 1.807) is 39.1 Å². The highest BCUT2D eigenvalue weighted by Crippen LogP contribution is 2.08. The van der Waals surface area contributed by atoms with Crippen LogP contribution in [0.1, 0.15) is 41.5 Å². The lowest BCUT2D eigenvalue weighted by molar-refractivity contribution is 0.401. The average Bonchev–Trinajstić information content (AvgIpc) is 2.42. The highest BCUT2D eigenvalue weighted by Gasteiger charge is 2.47. The Morgan fingerprint density at radius 1 is 0.714 bits per heavy atom. The highest BCUT2D eigenvalue weighted by molar-refractivity contribution is 6.84. The van der Waals surface area contributed by atoms with E-state index < -0.39 is 8.56 Å². The summed E-state index contributed by atoms with van der Waals surface area (Å²) >= 11 is 0. The highest BCUT2D eigenvalue weighted by atomic mass is 28.4. The summed E-state index contributed by atoms with van der Waals surface area (Å²) in [6.07, 6.45) is 0. The molecular formula is C12H18N6O2Si. The maximum Gasteiger partial charge on any atom is 0.693 e. The van der Waals surface area contributed by atoms with Gasteiger partial charge >= 0.3 is 8.56 Å². The van der Waals surface area contributed by atoms with E-state index in [1.165, 1.54) is 13.8 Å². The summed E-state index contributed by atoms with van der Waals surface area (Å²) in [5.41, 5.74) is 4.98. The van der Waals surface area contributed by atoms with Crippen LogP contribution < -0.4 is 0 Å². The average molecular weight is 306 g/mol. The largest absolute Gasteiger partial charge is 0.693 e. The third-order valence-corrected chi connectivity index (χ3v) is 3.41. The molecule has 112 valence electrons. The molecule has 0 aliphatic heterocycles. The molecular weight excluding hydrogens is 288 g/mol. The third-order valence-electron chi connectivity index (χ3n) is 1.66. The first-order valence-corrected chi connectivity index (χ1v) is 7.87. The Hall–Kier alpha value is -2.52. The van der Waals surface area contributed by atoms with E-state index in [1.807, 2.05) is 0 Å². The van der Waals surface area contributed by atoms with Crippen molar-refractivity contribution in [2.45, 2.75) is 41.5 Å². The number of nitriles is 2. The first kappa shape index (κ1) is 18.5. The molecule has 0 aromatic carbocycles. The number of rotatable bonds is 4. The van der Waals surface area contributed by atoms with Crippen LogP contribution in [0.4, 0.5) is 0 Å². The van der Waals surface area contributed by atoms with E-state index in [0.29, 0.717) is 11.4 Å². The monoisotopic (exact) mass is 306 g/mol. The van der Waals surface area contributed by atoms with E-state index in [-0.39, 0.29) is 11.8 Å². The molecule has 0 aliphatic rings. The van der Waals surface area contributed by atoms with Crippen molar-refractivity contribution in [3.63, 3.8) is 0 Å². The summed E-state index contributed by atoms with van der Waals surface area (Å²) in [5, 5.41) is 33.5. The predicted molar refractivity (Wildman–Crippen MR) is 82.9 cm³/mol. The summed E-state index contributed by atoms with van der Waals surface area (Å²) in [4.78, 5) is 0. The molecule has 0 saturated heterocycles. The summed E-state index contributed by atoms with van der Waals surface area (Å²) in [7, 11) is -3.80. The maximum absolute atomic E-state index is 9.19. The van der Waals surface area contributed by atoms with Crippen LogP contribution in [0.3, 0.4) is 0 Å². The summed E-state index contributed by atoms with van der Waals surface area (Å²) in [6.45, 7) is 10.0. The van der Waals surface area contributed by atoms with Gasteiger partial charge < -0.3 is 8.85 Å². The Labute approximate surface area is 125 Å². The fourth-order valence-electron chi connectivity index (χ4n) is 0.935. The van der Waals surface area contributed by atoms with Gasteiger partial charge in [0.25, 0.3) is 0 Å². The van der Waals surface area contributed by atoms with Gasteiger partial charge in [0.15, 0.2) is 11.8 Å². The molecule has 0 heterocycles. The minimum absolute atomic E-state index is 0.0777. The molecule has 9 heteroatoms. The molecule has 0 bridgehead atoms. The van der Waals surface area contributed by atoms with Gasteiger partial charge in [-0.2, -0.15) is 20.7 Å². The SMILES string of the molecule is CC(C)=N/N=C(\C)O[Si](C#N)(C#N)O/C(C)=N/N=C(C)C. The van der Waals surface area contributed by atoms with E-state index in [0.717, 1.165) is 0 Å². The zero-order chi connectivity index (χ0) is 16.5. The topological polar surface area (TPSA) is 115 Å². The Bertz CT molecular complexity index is 520. The second-order valence-corrected chi connectivity index (χ2v) is 6.47. The second kappa shape index (κ2) is 8.61. The van der Waals surface area contributed by atoms with Gasteiger partial charge in [0.05, 0.1) is 0 Å². The smallest absolute Gasteiger partial charge is 0.480 e. The number of hydrogen-bond donors (Lipinski definition) is 0. The lowest BCUT2D eigenvalue weighted by Gasteiger charge is -2.16. The first-order valence-electron chi connectivity index (χ1n) is 6.06. The van der Waals surface area contributed by atoms with Crippen molar-refractivity contribution in [3.05, 3.63) is 0 Å². The van der Waals surface area contributed by atoms with Crippen molar-refractivity contribution < 1.29 is 8.85 Å². The molecule has 0 unspecified atom stereocenters. The fraction of sp³-hybridized carbons (Fsp3) is 0.500. The Morgan fingerprint density at radius 3 is 1.29 bits per heavy atom. The van der Waals surface area contributed by atoms with Gasteiger partial charge in [-0.05, 0) is 27.7 Å². The van der Waals surface area contributed by atoms with E-state index >= 15 is 0 Å². The molecule has 0 saturated carbocycles. The molecule has 0 aliphatic carbocycles. The molecule has 0 radical (unpaired) electrons. The molecule has 0 aromatic heterocycles. The van der Waals surface area contributed by atoms with Crippen LogP contribution >= 0.6 is 0 Å². The Morgan fingerprint density at radius 2 is 1.05 bits per heavy atom. The molecule has 0 aromatic rings. The van der Waals surface area contributed by atoms with Crippen LogP contribution in [-0.2, 0) is 8.85 Å². The van der Waals surface area contributed by atoms with Crippen molar-refractivity contribution in [1.29, 1.82) is 10.5 Å². The summed E-state index contributed by atoms with van der Waals surface area (Å²) in [6, 6.07) is 0. The van der Waals surface area contributed by atoms with Gasteiger partial charge in [0.2, 0.25) is 0 Å². The predicted octanol–water partition coefficient (Wildman–Crippen LogP) is 2.22.